The van der Waals surface area contributed by atoms with Crippen LogP contribution in [-0.4, -0.2) is 28.0 Å². The van der Waals surface area contributed by atoms with E-state index in [9.17, 15) is 30.4 Å². The van der Waals surface area contributed by atoms with Gasteiger partial charge < -0.3 is 0 Å². The van der Waals surface area contributed by atoms with E-state index in [-0.39, 0.29) is 11.5 Å². The van der Waals surface area contributed by atoms with E-state index >= 15 is 0 Å². The standard InChI is InChI=1S/C14H10F5N5O2S/c1-7-5-8(6-15)20-12-21-13(22-24(7)12)27(25,26)23-11-9(14(17,18)19)3-2-4-10(11)16/h2-5,23H,6H2,1H3. The molecule has 2 heterocycles. The zero-order chi connectivity index (χ0) is 20.0. The van der Waals surface area contributed by atoms with Crippen LogP contribution in [0, 0.1) is 12.7 Å². The van der Waals surface area contributed by atoms with Crippen LogP contribution in [0.25, 0.3) is 5.78 Å². The highest BCUT2D eigenvalue weighted by molar-refractivity contribution is 7.92. The van der Waals surface area contributed by atoms with Crippen molar-refractivity contribution in [2.24, 2.45) is 0 Å². The van der Waals surface area contributed by atoms with E-state index in [0.717, 1.165) is 10.6 Å². The van der Waals surface area contributed by atoms with E-state index < -0.39 is 45.1 Å². The van der Waals surface area contributed by atoms with Crippen molar-refractivity contribution in [3.8, 4) is 0 Å². The quantitative estimate of drug-likeness (QED) is 0.672. The molecule has 0 amide bonds. The lowest BCUT2D eigenvalue weighted by Gasteiger charge is -2.14. The van der Waals surface area contributed by atoms with Crippen molar-refractivity contribution in [3.63, 3.8) is 0 Å². The highest BCUT2D eigenvalue weighted by atomic mass is 32.2. The SMILES string of the molecule is Cc1cc(CF)nc2nc(S(=O)(=O)Nc3c(F)cccc3C(F)(F)F)nn12. The van der Waals surface area contributed by atoms with Gasteiger partial charge >= 0.3 is 6.18 Å². The summed E-state index contributed by atoms with van der Waals surface area (Å²) in [5.74, 6) is -1.70. The predicted octanol–water partition coefficient (Wildman–Crippen LogP) is 2.86. The third-order valence-corrected chi connectivity index (χ3v) is 4.58. The third-order valence-electron chi connectivity index (χ3n) is 3.46. The molecule has 3 rings (SSSR count). The number of nitrogens with zero attached hydrogens (tertiary/aromatic N) is 4. The number of fused-ring (bicyclic) bond motifs is 1. The fourth-order valence-corrected chi connectivity index (χ4v) is 3.24. The van der Waals surface area contributed by atoms with E-state index in [4.69, 9.17) is 0 Å². The number of hydrogen-bond donors (Lipinski definition) is 1. The Bertz CT molecular complexity index is 1130. The van der Waals surface area contributed by atoms with Crippen molar-refractivity contribution in [1.82, 2.24) is 19.6 Å². The number of para-hydroxylation sites is 1. The molecule has 0 fully saturated rings. The summed E-state index contributed by atoms with van der Waals surface area (Å²) in [6.45, 7) is 0.541. The lowest BCUT2D eigenvalue weighted by atomic mass is 10.1. The van der Waals surface area contributed by atoms with Crippen LogP contribution in [0.4, 0.5) is 27.6 Å². The minimum Gasteiger partial charge on any atom is -0.273 e. The summed E-state index contributed by atoms with van der Waals surface area (Å²) in [6, 6.07) is 3.29. The molecule has 0 atom stereocenters. The normalized spacial score (nSPS) is 12.5. The number of nitrogens with one attached hydrogen (secondary N) is 1. The second-order valence-corrected chi connectivity index (χ2v) is 6.97. The molecule has 0 radical (unpaired) electrons. The van der Waals surface area contributed by atoms with Crippen LogP contribution in [0.1, 0.15) is 17.0 Å². The molecular weight excluding hydrogens is 397 g/mol. The Hall–Kier alpha value is -2.83. The summed E-state index contributed by atoms with van der Waals surface area (Å²) >= 11 is 0. The molecule has 0 aliphatic rings. The molecule has 1 aromatic carbocycles. The van der Waals surface area contributed by atoms with Crippen molar-refractivity contribution in [3.05, 3.63) is 47.0 Å². The Morgan fingerprint density at radius 1 is 1.22 bits per heavy atom. The second kappa shape index (κ2) is 6.40. The number of aryl methyl sites for hydroxylation is 1. The Morgan fingerprint density at radius 2 is 1.93 bits per heavy atom. The Kier molecular flexibility index (Phi) is 4.49. The molecule has 0 saturated heterocycles. The summed E-state index contributed by atoms with van der Waals surface area (Å²) in [5.41, 5.74) is -2.52. The number of aromatic nitrogens is 4. The van der Waals surface area contributed by atoms with Gasteiger partial charge in [-0.2, -0.15) is 26.6 Å². The minimum absolute atomic E-state index is 0.0298. The molecule has 144 valence electrons. The smallest absolute Gasteiger partial charge is 0.273 e. The number of hydrogen-bond acceptors (Lipinski definition) is 5. The first-order valence-corrected chi connectivity index (χ1v) is 8.69. The molecule has 2 aromatic heterocycles. The van der Waals surface area contributed by atoms with Gasteiger partial charge in [0.05, 0.1) is 16.9 Å². The number of alkyl halides is 4. The molecule has 0 aliphatic heterocycles. The summed E-state index contributed by atoms with van der Waals surface area (Å²) in [6.07, 6.45) is -5.00. The van der Waals surface area contributed by atoms with Gasteiger partial charge in [0.25, 0.3) is 21.0 Å². The minimum atomic E-state index is -5.00. The van der Waals surface area contributed by atoms with Gasteiger partial charge in [-0.3, -0.25) is 4.72 Å². The molecule has 3 aromatic rings. The highest BCUT2D eigenvalue weighted by Crippen LogP contribution is 2.36. The van der Waals surface area contributed by atoms with Gasteiger partial charge in [-0.05, 0) is 25.1 Å². The topological polar surface area (TPSA) is 89.2 Å². The largest absolute Gasteiger partial charge is 0.418 e. The van der Waals surface area contributed by atoms with Crippen LogP contribution in [0.3, 0.4) is 0 Å². The van der Waals surface area contributed by atoms with Gasteiger partial charge in [0.15, 0.2) is 0 Å². The van der Waals surface area contributed by atoms with Gasteiger partial charge in [0, 0.05) is 5.69 Å². The first-order valence-electron chi connectivity index (χ1n) is 7.20. The van der Waals surface area contributed by atoms with Gasteiger partial charge in [-0.25, -0.2) is 18.3 Å². The fraction of sp³-hybridized carbons (Fsp3) is 0.214. The van der Waals surface area contributed by atoms with Crippen LogP contribution in [-0.2, 0) is 22.9 Å². The average Bonchev–Trinajstić information content (AvgIpc) is 3.01. The molecule has 0 aliphatic carbocycles. The maximum absolute atomic E-state index is 13.9. The summed E-state index contributed by atoms with van der Waals surface area (Å²) < 4.78 is 93.0. The molecular formula is C14H10F5N5O2S. The number of rotatable bonds is 4. The molecule has 7 nitrogen and oxygen atoms in total. The molecule has 0 unspecified atom stereocenters. The highest BCUT2D eigenvalue weighted by Gasteiger charge is 2.36. The second-order valence-electron chi connectivity index (χ2n) is 5.39. The maximum atomic E-state index is 13.9. The Balaban J connectivity index is 2.09. The van der Waals surface area contributed by atoms with Crippen LogP contribution in [0.5, 0.6) is 0 Å². The van der Waals surface area contributed by atoms with Gasteiger partial charge in [0.2, 0.25) is 0 Å². The van der Waals surface area contributed by atoms with E-state index in [1.165, 1.54) is 17.7 Å². The lowest BCUT2D eigenvalue weighted by molar-refractivity contribution is -0.137. The Morgan fingerprint density at radius 3 is 2.56 bits per heavy atom. The van der Waals surface area contributed by atoms with Crippen molar-refractivity contribution in [1.29, 1.82) is 0 Å². The predicted molar refractivity (Wildman–Crippen MR) is 82.5 cm³/mol. The summed E-state index contributed by atoms with van der Waals surface area (Å²) in [5, 5.41) is 2.70. The van der Waals surface area contributed by atoms with E-state index in [2.05, 4.69) is 15.1 Å². The van der Waals surface area contributed by atoms with Crippen molar-refractivity contribution < 1.29 is 30.4 Å². The first-order chi connectivity index (χ1) is 12.5. The lowest BCUT2D eigenvalue weighted by Crippen LogP contribution is -2.19. The van der Waals surface area contributed by atoms with Crippen LogP contribution < -0.4 is 4.72 Å². The molecule has 1 N–H and O–H groups in total. The van der Waals surface area contributed by atoms with E-state index in [0.29, 0.717) is 17.8 Å². The molecule has 13 heteroatoms. The van der Waals surface area contributed by atoms with Crippen LogP contribution >= 0.6 is 0 Å². The molecule has 0 saturated carbocycles. The van der Waals surface area contributed by atoms with Gasteiger partial charge in [0.1, 0.15) is 12.5 Å². The number of benzene rings is 1. The monoisotopic (exact) mass is 407 g/mol. The molecule has 0 spiro atoms. The molecule has 0 bridgehead atoms. The van der Waals surface area contributed by atoms with Crippen LogP contribution in [0.2, 0.25) is 0 Å². The number of anilines is 1. The first kappa shape index (κ1) is 18.9. The number of sulfonamides is 1. The average molecular weight is 407 g/mol. The fourth-order valence-electron chi connectivity index (χ4n) is 2.28. The van der Waals surface area contributed by atoms with Crippen molar-refractivity contribution in [2.75, 3.05) is 4.72 Å². The number of halogens is 5. The van der Waals surface area contributed by atoms with Gasteiger partial charge in [-0.15, -0.1) is 5.10 Å². The third kappa shape index (κ3) is 3.54. The Labute approximate surface area is 148 Å². The van der Waals surface area contributed by atoms with E-state index in [1.54, 1.807) is 0 Å². The molecule has 27 heavy (non-hydrogen) atoms. The van der Waals surface area contributed by atoms with Crippen LogP contribution in [0.15, 0.2) is 29.4 Å². The summed E-state index contributed by atoms with van der Waals surface area (Å²) in [4.78, 5) is 7.33. The summed E-state index contributed by atoms with van der Waals surface area (Å²) in [7, 11) is -4.78. The van der Waals surface area contributed by atoms with Crippen molar-refractivity contribution in [2.45, 2.75) is 24.9 Å². The van der Waals surface area contributed by atoms with E-state index in [1.807, 2.05) is 0 Å². The maximum Gasteiger partial charge on any atom is 0.418 e. The zero-order valence-electron chi connectivity index (χ0n) is 13.4. The zero-order valence-corrected chi connectivity index (χ0v) is 14.2. The van der Waals surface area contributed by atoms with Crippen molar-refractivity contribution >= 4 is 21.5 Å². The van der Waals surface area contributed by atoms with Gasteiger partial charge in [-0.1, -0.05) is 6.07 Å².